The van der Waals surface area contributed by atoms with E-state index in [4.69, 9.17) is 4.74 Å². The molecule has 0 unspecified atom stereocenters. The minimum absolute atomic E-state index is 0.00994. The number of benzene rings is 1. The second kappa shape index (κ2) is 6.52. The average molecular weight is 236 g/mol. The lowest BCUT2D eigenvalue weighted by atomic mass is 10.3. The molecule has 1 aromatic rings. The summed E-state index contributed by atoms with van der Waals surface area (Å²) in [4.78, 5) is 23.9. The second-order valence-electron chi connectivity index (χ2n) is 3.67. The fourth-order valence-electron chi connectivity index (χ4n) is 1.05. The predicted octanol–water partition coefficient (Wildman–Crippen LogP) is 0.270. The molecule has 0 bridgehead atoms. The van der Waals surface area contributed by atoms with E-state index in [0.717, 1.165) is 0 Å². The molecular formula is C12H16N2O3. The molecule has 0 atom stereocenters. The third-order valence-corrected chi connectivity index (χ3v) is 2.05. The van der Waals surface area contributed by atoms with Gasteiger partial charge in [-0.25, -0.2) is 0 Å². The third-order valence-electron chi connectivity index (χ3n) is 2.05. The fraction of sp³-hybridized carbons (Fsp3) is 0.333. The largest absolute Gasteiger partial charge is 0.484 e. The maximum atomic E-state index is 11.3. The molecule has 1 N–H and O–H groups in total. The molecule has 0 aromatic heterocycles. The number of para-hydroxylation sites is 1. The number of nitrogens with zero attached hydrogens (tertiary/aromatic N) is 1. The van der Waals surface area contributed by atoms with Crippen molar-refractivity contribution in [2.75, 3.05) is 27.2 Å². The number of likely N-dealkylation sites (N-methyl/N-ethyl adjacent to an activating group) is 1. The minimum atomic E-state index is -0.316. The zero-order chi connectivity index (χ0) is 12.7. The van der Waals surface area contributed by atoms with Gasteiger partial charge in [0.25, 0.3) is 5.91 Å². The van der Waals surface area contributed by atoms with Gasteiger partial charge in [0.15, 0.2) is 6.61 Å². The highest BCUT2D eigenvalue weighted by Crippen LogP contribution is 2.07. The quantitative estimate of drug-likeness (QED) is 0.798. The van der Waals surface area contributed by atoms with E-state index in [-0.39, 0.29) is 25.0 Å². The van der Waals surface area contributed by atoms with Gasteiger partial charge >= 0.3 is 0 Å². The molecule has 5 nitrogen and oxygen atoms in total. The van der Waals surface area contributed by atoms with Crippen molar-refractivity contribution in [3.8, 4) is 5.75 Å². The molecule has 0 saturated heterocycles. The number of ether oxygens (including phenoxy) is 1. The minimum Gasteiger partial charge on any atom is -0.484 e. The first kappa shape index (κ1) is 13.0. The lowest BCUT2D eigenvalue weighted by Crippen LogP contribution is -2.38. The van der Waals surface area contributed by atoms with Crippen LogP contribution in [-0.4, -0.2) is 44.0 Å². The maximum absolute atomic E-state index is 11.3. The SMILES string of the molecule is CN(C)C(=O)CNC(=O)COc1ccccc1. The number of nitrogens with one attached hydrogen (secondary N) is 1. The highest BCUT2D eigenvalue weighted by Gasteiger charge is 2.07. The molecule has 1 rings (SSSR count). The van der Waals surface area contributed by atoms with Crippen LogP contribution >= 0.6 is 0 Å². The van der Waals surface area contributed by atoms with Crippen molar-refractivity contribution < 1.29 is 14.3 Å². The van der Waals surface area contributed by atoms with Crippen LogP contribution in [0.1, 0.15) is 0 Å². The molecule has 0 aliphatic rings. The summed E-state index contributed by atoms with van der Waals surface area (Å²) >= 11 is 0. The van der Waals surface area contributed by atoms with Crippen molar-refractivity contribution in [2.45, 2.75) is 0 Å². The smallest absolute Gasteiger partial charge is 0.258 e. The van der Waals surface area contributed by atoms with Crippen LogP contribution in [0.3, 0.4) is 0 Å². The molecule has 0 radical (unpaired) electrons. The van der Waals surface area contributed by atoms with Crippen molar-refractivity contribution in [2.24, 2.45) is 0 Å². The van der Waals surface area contributed by atoms with Crippen LogP contribution in [0.25, 0.3) is 0 Å². The highest BCUT2D eigenvalue weighted by molar-refractivity contribution is 5.85. The standard InChI is InChI=1S/C12H16N2O3/c1-14(2)12(16)8-13-11(15)9-17-10-6-4-3-5-7-10/h3-7H,8-9H2,1-2H3,(H,13,15). The molecule has 0 saturated carbocycles. The summed E-state index contributed by atoms with van der Waals surface area (Å²) < 4.78 is 5.22. The van der Waals surface area contributed by atoms with E-state index in [2.05, 4.69) is 5.32 Å². The highest BCUT2D eigenvalue weighted by atomic mass is 16.5. The van der Waals surface area contributed by atoms with Crippen LogP contribution in [0.15, 0.2) is 30.3 Å². The van der Waals surface area contributed by atoms with E-state index in [1.165, 1.54) is 4.90 Å². The van der Waals surface area contributed by atoms with E-state index >= 15 is 0 Å². The Balaban J connectivity index is 2.24. The maximum Gasteiger partial charge on any atom is 0.258 e. The number of hydrogen-bond acceptors (Lipinski definition) is 3. The van der Waals surface area contributed by atoms with Gasteiger partial charge in [-0.1, -0.05) is 18.2 Å². The molecule has 0 aliphatic carbocycles. The van der Waals surface area contributed by atoms with Gasteiger partial charge in [0.05, 0.1) is 6.54 Å². The van der Waals surface area contributed by atoms with Crippen molar-refractivity contribution in [1.29, 1.82) is 0 Å². The normalized spacial score (nSPS) is 9.53. The Bertz CT molecular complexity index is 377. The first-order valence-electron chi connectivity index (χ1n) is 5.24. The van der Waals surface area contributed by atoms with Crippen LogP contribution in [-0.2, 0) is 9.59 Å². The Hall–Kier alpha value is -2.04. The molecule has 92 valence electrons. The first-order chi connectivity index (χ1) is 8.09. The van der Waals surface area contributed by atoms with Gasteiger partial charge in [0.2, 0.25) is 5.91 Å². The van der Waals surface area contributed by atoms with Gasteiger partial charge in [-0.15, -0.1) is 0 Å². The summed E-state index contributed by atoms with van der Waals surface area (Å²) in [5, 5.41) is 2.48. The molecule has 0 heterocycles. The molecule has 0 fully saturated rings. The van der Waals surface area contributed by atoms with Gasteiger partial charge in [-0.05, 0) is 12.1 Å². The van der Waals surface area contributed by atoms with Crippen molar-refractivity contribution in [1.82, 2.24) is 10.2 Å². The van der Waals surface area contributed by atoms with Gasteiger partial charge < -0.3 is 15.0 Å². The van der Waals surface area contributed by atoms with Crippen LogP contribution in [0.4, 0.5) is 0 Å². The fourth-order valence-corrected chi connectivity index (χ4v) is 1.05. The average Bonchev–Trinajstić information content (AvgIpc) is 2.34. The summed E-state index contributed by atoms with van der Waals surface area (Å²) in [7, 11) is 3.27. The summed E-state index contributed by atoms with van der Waals surface area (Å²) in [6, 6.07) is 9.03. The summed E-state index contributed by atoms with van der Waals surface area (Å²) in [6.07, 6.45) is 0. The Labute approximate surface area is 100 Å². The number of amides is 2. The van der Waals surface area contributed by atoms with E-state index < -0.39 is 0 Å². The molecule has 5 heteroatoms. The number of rotatable bonds is 5. The lowest BCUT2D eigenvalue weighted by molar-refractivity contribution is -0.131. The van der Waals surface area contributed by atoms with Crippen LogP contribution in [0.5, 0.6) is 5.75 Å². The van der Waals surface area contributed by atoms with Crippen LogP contribution < -0.4 is 10.1 Å². The van der Waals surface area contributed by atoms with E-state index in [1.807, 2.05) is 18.2 Å². The molecule has 1 aromatic carbocycles. The number of hydrogen-bond donors (Lipinski definition) is 1. The van der Waals surface area contributed by atoms with E-state index in [1.54, 1.807) is 26.2 Å². The van der Waals surface area contributed by atoms with Crippen molar-refractivity contribution in [3.05, 3.63) is 30.3 Å². The number of carbonyl (C=O) groups is 2. The molecule has 2 amide bonds. The Morgan fingerprint density at radius 3 is 2.47 bits per heavy atom. The first-order valence-corrected chi connectivity index (χ1v) is 5.24. The zero-order valence-corrected chi connectivity index (χ0v) is 9.97. The van der Waals surface area contributed by atoms with Crippen molar-refractivity contribution >= 4 is 11.8 Å². The lowest BCUT2D eigenvalue weighted by Gasteiger charge is -2.11. The van der Waals surface area contributed by atoms with Crippen LogP contribution in [0.2, 0.25) is 0 Å². The second-order valence-corrected chi connectivity index (χ2v) is 3.67. The van der Waals surface area contributed by atoms with E-state index in [9.17, 15) is 9.59 Å². The Kier molecular flexibility index (Phi) is 5.00. The molecule has 0 spiro atoms. The zero-order valence-electron chi connectivity index (χ0n) is 9.97. The van der Waals surface area contributed by atoms with E-state index in [0.29, 0.717) is 5.75 Å². The Morgan fingerprint density at radius 2 is 1.88 bits per heavy atom. The van der Waals surface area contributed by atoms with Crippen LogP contribution in [0, 0.1) is 0 Å². The predicted molar refractivity (Wildman–Crippen MR) is 63.6 cm³/mol. The molecular weight excluding hydrogens is 220 g/mol. The van der Waals surface area contributed by atoms with Gasteiger partial charge in [0.1, 0.15) is 5.75 Å². The summed E-state index contributed by atoms with van der Waals surface area (Å²) in [5.74, 6) is 0.156. The third kappa shape index (κ3) is 5.01. The molecule has 17 heavy (non-hydrogen) atoms. The topological polar surface area (TPSA) is 58.6 Å². The molecule has 0 aliphatic heterocycles. The summed E-state index contributed by atoms with van der Waals surface area (Å²) in [6.45, 7) is -0.102. The van der Waals surface area contributed by atoms with Gasteiger partial charge in [-0.2, -0.15) is 0 Å². The number of carbonyl (C=O) groups excluding carboxylic acids is 2. The van der Waals surface area contributed by atoms with Crippen molar-refractivity contribution in [3.63, 3.8) is 0 Å². The monoisotopic (exact) mass is 236 g/mol. The Morgan fingerprint density at radius 1 is 1.24 bits per heavy atom. The summed E-state index contributed by atoms with van der Waals surface area (Å²) in [5.41, 5.74) is 0. The van der Waals surface area contributed by atoms with Gasteiger partial charge in [-0.3, -0.25) is 9.59 Å². The van der Waals surface area contributed by atoms with Gasteiger partial charge in [0, 0.05) is 14.1 Å².